The predicted molar refractivity (Wildman–Crippen MR) is 110 cm³/mol. The van der Waals surface area contributed by atoms with E-state index in [1.165, 1.54) is 19.2 Å². The first-order valence-electron chi connectivity index (χ1n) is 9.94. The first-order chi connectivity index (χ1) is 15.3. The van der Waals surface area contributed by atoms with Crippen molar-refractivity contribution in [2.75, 3.05) is 12.4 Å². The standard InChI is InChI=1S/C22H20F3N5O2/c1-11(12-4-3-5-13(17(12)23)18(24)25)27-19-14-8-15(22(10-26)6-7-22)21(32-2)30-20(14)29-16(9-31)28-19/h3-5,8,11,18,31H,6-7,9H2,1-2H3,(H,27,28,29,30)/t11-/m1/s1. The zero-order valence-corrected chi connectivity index (χ0v) is 17.4. The Hall–Kier alpha value is -3.45. The van der Waals surface area contributed by atoms with Gasteiger partial charge in [-0.25, -0.2) is 23.1 Å². The van der Waals surface area contributed by atoms with Crippen molar-refractivity contribution >= 4 is 16.9 Å². The number of hydrogen-bond acceptors (Lipinski definition) is 7. The summed E-state index contributed by atoms with van der Waals surface area (Å²) in [6.45, 7) is 1.14. The highest BCUT2D eigenvalue weighted by Crippen LogP contribution is 2.51. The molecule has 2 aromatic heterocycles. The van der Waals surface area contributed by atoms with Crippen LogP contribution in [0.1, 0.15) is 54.7 Å². The van der Waals surface area contributed by atoms with Gasteiger partial charge < -0.3 is 15.2 Å². The van der Waals surface area contributed by atoms with E-state index in [0.717, 1.165) is 6.07 Å². The molecule has 0 unspecified atom stereocenters. The van der Waals surface area contributed by atoms with Gasteiger partial charge in [-0.05, 0) is 25.8 Å². The van der Waals surface area contributed by atoms with Crippen LogP contribution in [0.2, 0.25) is 0 Å². The molecule has 1 atom stereocenters. The van der Waals surface area contributed by atoms with Crippen LogP contribution in [0.25, 0.3) is 11.0 Å². The number of nitriles is 1. The summed E-state index contributed by atoms with van der Waals surface area (Å²) < 4.78 is 46.3. The van der Waals surface area contributed by atoms with Gasteiger partial charge in [-0.1, -0.05) is 18.2 Å². The van der Waals surface area contributed by atoms with E-state index >= 15 is 0 Å². The molecule has 0 radical (unpaired) electrons. The van der Waals surface area contributed by atoms with Crippen LogP contribution in [0.15, 0.2) is 24.3 Å². The summed E-state index contributed by atoms with van der Waals surface area (Å²) in [4.78, 5) is 12.9. The largest absolute Gasteiger partial charge is 0.481 e. The van der Waals surface area contributed by atoms with E-state index in [4.69, 9.17) is 4.74 Å². The van der Waals surface area contributed by atoms with Crippen molar-refractivity contribution in [1.29, 1.82) is 5.26 Å². The Morgan fingerprint density at radius 2 is 1.97 bits per heavy atom. The second kappa shape index (κ2) is 8.24. The Bertz CT molecular complexity index is 1220. The number of fused-ring (bicyclic) bond motifs is 1. The summed E-state index contributed by atoms with van der Waals surface area (Å²) in [7, 11) is 1.44. The number of anilines is 1. The van der Waals surface area contributed by atoms with Crippen molar-refractivity contribution in [2.45, 2.75) is 44.3 Å². The summed E-state index contributed by atoms with van der Waals surface area (Å²) in [5.41, 5.74) is -0.537. The van der Waals surface area contributed by atoms with Gasteiger partial charge >= 0.3 is 0 Å². The molecule has 0 amide bonds. The molecule has 1 fully saturated rings. The van der Waals surface area contributed by atoms with Crippen molar-refractivity contribution in [2.24, 2.45) is 0 Å². The van der Waals surface area contributed by atoms with Crippen LogP contribution < -0.4 is 10.1 Å². The second-order valence-corrected chi connectivity index (χ2v) is 7.67. The number of hydrogen-bond donors (Lipinski definition) is 2. The molecule has 2 heterocycles. The summed E-state index contributed by atoms with van der Waals surface area (Å²) in [5, 5.41) is 22.7. The van der Waals surface area contributed by atoms with Gasteiger partial charge in [0, 0.05) is 11.1 Å². The number of alkyl halides is 2. The van der Waals surface area contributed by atoms with Crippen molar-refractivity contribution in [1.82, 2.24) is 15.0 Å². The highest BCUT2D eigenvalue weighted by molar-refractivity contribution is 5.88. The highest BCUT2D eigenvalue weighted by Gasteiger charge is 2.47. The molecule has 1 aliphatic carbocycles. The molecule has 1 saturated carbocycles. The number of nitrogens with zero attached hydrogens (tertiary/aromatic N) is 4. The molecule has 166 valence electrons. The molecule has 4 rings (SSSR count). The van der Waals surface area contributed by atoms with Gasteiger partial charge in [-0.2, -0.15) is 10.2 Å². The summed E-state index contributed by atoms with van der Waals surface area (Å²) in [5.74, 6) is -0.435. The Morgan fingerprint density at radius 1 is 1.25 bits per heavy atom. The van der Waals surface area contributed by atoms with Gasteiger partial charge in [-0.3, -0.25) is 0 Å². The van der Waals surface area contributed by atoms with E-state index in [1.54, 1.807) is 13.0 Å². The Morgan fingerprint density at radius 3 is 2.56 bits per heavy atom. The zero-order chi connectivity index (χ0) is 23.0. The fourth-order valence-corrected chi connectivity index (χ4v) is 3.68. The van der Waals surface area contributed by atoms with Crippen molar-refractivity contribution < 1.29 is 23.0 Å². The smallest absolute Gasteiger partial charge is 0.266 e. The van der Waals surface area contributed by atoms with E-state index < -0.39 is 35.9 Å². The molecule has 32 heavy (non-hydrogen) atoms. The van der Waals surface area contributed by atoms with Crippen LogP contribution in [0.3, 0.4) is 0 Å². The highest BCUT2D eigenvalue weighted by atomic mass is 19.3. The number of aromatic nitrogens is 3. The third-order valence-corrected chi connectivity index (χ3v) is 5.63. The number of nitrogens with one attached hydrogen (secondary N) is 1. The first kappa shape index (κ1) is 21.8. The predicted octanol–water partition coefficient (Wildman–Crippen LogP) is 4.33. The minimum Gasteiger partial charge on any atom is -0.481 e. The molecule has 2 N–H and O–H groups in total. The third-order valence-electron chi connectivity index (χ3n) is 5.63. The molecular formula is C22H20F3N5O2. The summed E-state index contributed by atoms with van der Waals surface area (Å²) >= 11 is 0. The minimum absolute atomic E-state index is 0.0393. The Labute approximate surface area is 181 Å². The number of aliphatic hydroxyl groups excluding tert-OH is 1. The monoisotopic (exact) mass is 443 g/mol. The van der Waals surface area contributed by atoms with Crippen LogP contribution in [0, 0.1) is 17.1 Å². The molecule has 1 aliphatic rings. The molecular weight excluding hydrogens is 423 g/mol. The van der Waals surface area contributed by atoms with Crippen LogP contribution in [-0.2, 0) is 12.0 Å². The lowest BCUT2D eigenvalue weighted by atomic mass is 9.97. The lowest BCUT2D eigenvalue weighted by Crippen LogP contribution is -2.14. The zero-order valence-electron chi connectivity index (χ0n) is 17.4. The number of rotatable bonds is 7. The third kappa shape index (κ3) is 3.69. The lowest BCUT2D eigenvalue weighted by molar-refractivity contribution is 0.146. The van der Waals surface area contributed by atoms with Gasteiger partial charge in [0.25, 0.3) is 6.43 Å². The molecule has 0 spiro atoms. The molecule has 0 saturated heterocycles. The Kier molecular flexibility index (Phi) is 5.60. The summed E-state index contributed by atoms with van der Waals surface area (Å²) in [6.07, 6.45) is -1.62. The molecule has 1 aromatic carbocycles. The average Bonchev–Trinajstić information content (AvgIpc) is 3.59. The maximum Gasteiger partial charge on any atom is 0.266 e. The van der Waals surface area contributed by atoms with Gasteiger partial charge in [0.2, 0.25) is 5.88 Å². The van der Waals surface area contributed by atoms with Gasteiger partial charge in [0.05, 0.1) is 35.6 Å². The number of aliphatic hydroxyl groups is 1. The lowest BCUT2D eigenvalue weighted by Gasteiger charge is -2.19. The van der Waals surface area contributed by atoms with E-state index in [0.29, 0.717) is 23.8 Å². The fraction of sp³-hybridized carbons (Fsp3) is 0.364. The maximum atomic E-state index is 14.7. The van der Waals surface area contributed by atoms with Crippen LogP contribution in [0.4, 0.5) is 19.0 Å². The minimum atomic E-state index is -2.94. The molecule has 0 bridgehead atoms. The topological polar surface area (TPSA) is 104 Å². The second-order valence-electron chi connectivity index (χ2n) is 7.67. The van der Waals surface area contributed by atoms with Crippen LogP contribution >= 0.6 is 0 Å². The SMILES string of the molecule is COc1nc2nc(CO)nc(N[C@H](C)c3cccc(C(F)F)c3F)c2cc1C1(C#N)CC1. The van der Waals surface area contributed by atoms with Crippen molar-refractivity contribution in [3.63, 3.8) is 0 Å². The van der Waals surface area contributed by atoms with E-state index in [9.17, 15) is 23.5 Å². The Balaban J connectivity index is 1.82. The molecule has 3 aromatic rings. The van der Waals surface area contributed by atoms with E-state index in [2.05, 4.69) is 26.3 Å². The normalized spacial score (nSPS) is 15.4. The van der Waals surface area contributed by atoms with Gasteiger partial charge in [0.15, 0.2) is 11.5 Å². The van der Waals surface area contributed by atoms with Crippen molar-refractivity contribution in [3.8, 4) is 11.9 Å². The molecule has 7 nitrogen and oxygen atoms in total. The van der Waals surface area contributed by atoms with Crippen LogP contribution in [-0.4, -0.2) is 27.2 Å². The fourth-order valence-electron chi connectivity index (χ4n) is 3.68. The molecule has 10 heteroatoms. The molecule has 0 aliphatic heterocycles. The summed E-state index contributed by atoms with van der Waals surface area (Å²) in [6, 6.07) is 7.09. The quantitative estimate of drug-likeness (QED) is 0.560. The number of benzene rings is 1. The van der Waals surface area contributed by atoms with Gasteiger partial charge in [-0.15, -0.1) is 0 Å². The first-order valence-corrected chi connectivity index (χ1v) is 9.94. The number of pyridine rings is 1. The van der Waals surface area contributed by atoms with E-state index in [1.807, 2.05) is 0 Å². The number of methoxy groups -OCH3 is 1. The van der Waals surface area contributed by atoms with Crippen LogP contribution in [0.5, 0.6) is 5.88 Å². The number of ether oxygens (including phenoxy) is 1. The van der Waals surface area contributed by atoms with Gasteiger partial charge in [0.1, 0.15) is 18.2 Å². The average molecular weight is 443 g/mol. The van der Waals surface area contributed by atoms with E-state index in [-0.39, 0.29) is 28.7 Å². The number of halogens is 3. The maximum absolute atomic E-state index is 14.7. The van der Waals surface area contributed by atoms with Crippen molar-refractivity contribution in [3.05, 3.63) is 52.6 Å².